The molecule has 12 rings (SSSR count). The van der Waals surface area contributed by atoms with Crippen molar-refractivity contribution in [2.24, 2.45) is 11.8 Å². The molecule has 0 aliphatic heterocycles. The van der Waals surface area contributed by atoms with Gasteiger partial charge in [0.25, 0.3) is 0 Å². The highest BCUT2D eigenvalue weighted by molar-refractivity contribution is 5.97. The molecule has 0 amide bonds. The van der Waals surface area contributed by atoms with E-state index < -0.39 is 0 Å². The lowest BCUT2D eigenvalue weighted by molar-refractivity contribution is 0.825. The minimum atomic E-state index is 0.475. The molecule has 0 heterocycles. The van der Waals surface area contributed by atoms with Gasteiger partial charge in [-0.15, -0.1) is 0 Å². The number of allylic oxidation sites excluding steroid dienone is 13. The quantitative estimate of drug-likeness (QED) is 0.128. The lowest BCUT2D eigenvalue weighted by atomic mass is 9.93. The standard InChI is InChI=1S/C65H55N3.C2H6/c1-5-18-49-21-16-33-64(59(49)30-12-1)67(53-25-8-3-9-26-53)56-39-34-47(35-40-56)48-36-41-57(42-37-48)68(54-27-10-4-11-28-54)65-45-44-58(61-46-62(61)65)51-20-15-29-55(43-38-51)66(52-23-6-2-7-24-52)63-32-17-22-50-19-13-14-31-60(50)63;1-2/h2-3,6-10,12-14,16-17,19-45,61-62H,1,4-5,11,15,18,46H2;1-2H3. The van der Waals surface area contributed by atoms with Crippen molar-refractivity contribution in [1.29, 1.82) is 0 Å². The van der Waals surface area contributed by atoms with Crippen molar-refractivity contribution in [3.8, 4) is 11.1 Å². The molecular weight excluding hydrogens is 847 g/mol. The molecule has 5 aliphatic carbocycles. The Labute approximate surface area is 415 Å². The van der Waals surface area contributed by atoms with E-state index in [0.29, 0.717) is 11.8 Å². The molecule has 5 aliphatic rings. The maximum atomic E-state index is 2.54. The van der Waals surface area contributed by atoms with Gasteiger partial charge in [0.15, 0.2) is 0 Å². The molecule has 2 unspecified atom stereocenters. The molecule has 7 aromatic rings. The second kappa shape index (κ2) is 20.4. The monoisotopic (exact) mass is 907 g/mol. The van der Waals surface area contributed by atoms with Crippen LogP contribution in [0.25, 0.3) is 28.0 Å². The van der Waals surface area contributed by atoms with Crippen LogP contribution in [0, 0.1) is 11.8 Å². The molecule has 3 nitrogen and oxygen atoms in total. The normalized spacial score (nSPS) is 17.7. The van der Waals surface area contributed by atoms with Gasteiger partial charge in [-0.05, 0) is 163 Å². The second-order valence-corrected chi connectivity index (χ2v) is 18.5. The second-order valence-electron chi connectivity index (χ2n) is 18.5. The highest BCUT2D eigenvalue weighted by Gasteiger charge is 2.47. The van der Waals surface area contributed by atoms with Gasteiger partial charge in [-0.25, -0.2) is 0 Å². The largest absolute Gasteiger partial charge is 0.314 e. The molecule has 1 saturated carbocycles. The summed E-state index contributed by atoms with van der Waals surface area (Å²) in [7, 11) is 0. The molecule has 2 atom stereocenters. The Balaban J connectivity index is 0.00000263. The smallest absolute Gasteiger partial charge is 0.0539 e. The van der Waals surface area contributed by atoms with Crippen LogP contribution >= 0.6 is 0 Å². The summed E-state index contributed by atoms with van der Waals surface area (Å²) in [6.45, 7) is 4.00. The predicted molar refractivity (Wildman–Crippen MR) is 299 cm³/mol. The zero-order valence-electron chi connectivity index (χ0n) is 40.5. The van der Waals surface area contributed by atoms with E-state index in [1.807, 2.05) is 13.8 Å². The van der Waals surface area contributed by atoms with Crippen molar-refractivity contribution in [3.63, 3.8) is 0 Å². The molecule has 7 aromatic carbocycles. The highest BCUT2D eigenvalue weighted by atomic mass is 15.2. The molecule has 1 fully saturated rings. The van der Waals surface area contributed by atoms with Gasteiger partial charge in [-0.2, -0.15) is 0 Å². The van der Waals surface area contributed by atoms with Crippen LogP contribution in [0.5, 0.6) is 0 Å². The number of nitrogens with zero attached hydrogens (tertiary/aromatic N) is 3. The number of hydrogen-bond acceptors (Lipinski definition) is 3. The third-order valence-corrected chi connectivity index (χ3v) is 14.3. The number of rotatable bonds is 11. The molecular formula is C67H61N3. The first-order valence-corrected chi connectivity index (χ1v) is 25.6. The maximum absolute atomic E-state index is 2.54. The van der Waals surface area contributed by atoms with Crippen LogP contribution in [-0.2, 0) is 6.42 Å². The number of benzene rings is 7. The van der Waals surface area contributed by atoms with Crippen LogP contribution in [0.1, 0.15) is 63.5 Å². The first-order chi connectivity index (χ1) is 34.7. The van der Waals surface area contributed by atoms with Gasteiger partial charge in [0.2, 0.25) is 0 Å². The number of aryl methyl sites for hydroxylation is 1. The van der Waals surface area contributed by atoms with Crippen molar-refractivity contribution in [2.75, 3.05) is 14.7 Å². The van der Waals surface area contributed by atoms with Crippen LogP contribution in [0.4, 0.5) is 34.1 Å². The van der Waals surface area contributed by atoms with E-state index in [1.165, 1.54) is 84.7 Å². The Morgan fingerprint density at radius 2 is 1.07 bits per heavy atom. The summed E-state index contributed by atoms with van der Waals surface area (Å²) >= 11 is 0. The fourth-order valence-corrected chi connectivity index (χ4v) is 10.9. The van der Waals surface area contributed by atoms with E-state index in [9.17, 15) is 0 Å². The molecule has 3 heteroatoms. The third kappa shape index (κ3) is 8.96. The molecule has 0 N–H and O–H groups in total. The summed E-state index contributed by atoms with van der Waals surface area (Å²) in [4.78, 5) is 7.37. The number of hydrogen-bond donors (Lipinski definition) is 0. The molecule has 0 bridgehead atoms. The molecule has 0 aromatic heterocycles. The Morgan fingerprint density at radius 1 is 0.443 bits per heavy atom. The zero-order chi connectivity index (χ0) is 47.2. The molecule has 0 radical (unpaired) electrons. The fraction of sp³-hybridized carbons (Fsp3) is 0.164. The van der Waals surface area contributed by atoms with Crippen LogP contribution in [0.2, 0.25) is 0 Å². The number of anilines is 6. The van der Waals surface area contributed by atoms with E-state index in [-0.39, 0.29) is 0 Å². The van der Waals surface area contributed by atoms with E-state index in [1.54, 1.807) is 0 Å². The van der Waals surface area contributed by atoms with Crippen molar-refractivity contribution in [3.05, 3.63) is 270 Å². The Bertz CT molecular complexity index is 3250. The van der Waals surface area contributed by atoms with E-state index in [0.717, 1.165) is 55.6 Å². The van der Waals surface area contributed by atoms with Crippen molar-refractivity contribution in [1.82, 2.24) is 0 Å². The molecule has 70 heavy (non-hydrogen) atoms. The minimum absolute atomic E-state index is 0.475. The van der Waals surface area contributed by atoms with Crippen molar-refractivity contribution < 1.29 is 0 Å². The Hall–Kier alpha value is -7.88. The summed E-state index contributed by atoms with van der Waals surface area (Å²) in [6.07, 6.45) is 33.7. The molecule has 344 valence electrons. The van der Waals surface area contributed by atoms with Gasteiger partial charge < -0.3 is 14.7 Å². The minimum Gasteiger partial charge on any atom is -0.314 e. The highest BCUT2D eigenvalue weighted by Crippen LogP contribution is 2.56. The lowest BCUT2D eigenvalue weighted by Gasteiger charge is -2.32. The first-order valence-electron chi connectivity index (χ1n) is 25.6. The van der Waals surface area contributed by atoms with Gasteiger partial charge in [-0.3, -0.25) is 0 Å². The number of para-hydroxylation sites is 2. The van der Waals surface area contributed by atoms with Gasteiger partial charge >= 0.3 is 0 Å². The number of fused-ring (bicyclic) bond motifs is 3. The van der Waals surface area contributed by atoms with E-state index in [4.69, 9.17) is 0 Å². The Kier molecular flexibility index (Phi) is 13.0. The van der Waals surface area contributed by atoms with E-state index >= 15 is 0 Å². The lowest BCUT2D eigenvalue weighted by Crippen LogP contribution is -2.24. The zero-order valence-corrected chi connectivity index (χ0v) is 40.5. The summed E-state index contributed by atoms with van der Waals surface area (Å²) in [5.41, 5.74) is 18.9. The van der Waals surface area contributed by atoms with E-state index in [2.05, 4.69) is 251 Å². The van der Waals surface area contributed by atoms with Gasteiger partial charge in [0, 0.05) is 56.7 Å². The maximum Gasteiger partial charge on any atom is 0.0539 e. The van der Waals surface area contributed by atoms with Crippen LogP contribution in [-0.4, -0.2) is 0 Å². The van der Waals surface area contributed by atoms with Crippen LogP contribution < -0.4 is 14.7 Å². The SMILES string of the molecule is C1=CC(N(C2=CC=C(C3=CCC=C(N(c4ccccc4)c4cccc5ccccc45)C=C3)C3CC23)c2ccc(-c3ccc(N(c4ccccc4)c4cccc5c4C=CCCC5)cc3)cc2)=CCC1.CC. The average molecular weight is 908 g/mol. The summed E-state index contributed by atoms with van der Waals surface area (Å²) in [6, 6.07) is 62.1. The van der Waals surface area contributed by atoms with Crippen LogP contribution in [0.3, 0.4) is 0 Å². The fourth-order valence-electron chi connectivity index (χ4n) is 10.9. The average Bonchev–Trinajstić information content (AvgIpc) is 4.30. The van der Waals surface area contributed by atoms with Gasteiger partial charge in [-0.1, -0.05) is 172 Å². The molecule has 0 spiro atoms. The third-order valence-electron chi connectivity index (χ3n) is 14.3. The van der Waals surface area contributed by atoms with Crippen LogP contribution in [0.15, 0.2) is 259 Å². The summed E-state index contributed by atoms with van der Waals surface area (Å²) in [5, 5.41) is 2.49. The molecule has 0 saturated heterocycles. The van der Waals surface area contributed by atoms with Gasteiger partial charge in [0.1, 0.15) is 0 Å². The summed E-state index contributed by atoms with van der Waals surface area (Å²) in [5.74, 6) is 0.976. The summed E-state index contributed by atoms with van der Waals surface area (Å²) < 4.78 is 0. The predicted octanol–water partition coefficient (Wildman–Crippen LogP) is 18.5. The Morgan fingerprint density at radius 3 is 1.81 bits per heavy atom. The topological polar surface area (TPSA) is 9.72 Å². The van der Waals surface area contributed by atoms with Crippen molar-refractivity contribution in [2.45, 2.75) is 58.8 Å². The van der Waals surface area contributed by atoms with Crippen molar-refractivity contribution >= 4 is 51.0 Å². The first kappa shape index (κ1) is 44.6. The van der Waals surface area contributed by atoms with Gasteiger partial charge in [0.05, 0.1) is 11.4 Å².